The molecule has 0 aliphatic carbocycles. The molecule has 6 nitrogen and oxygen atoms in total. The van der Waals surface area contributed by atoms with E-state index in [1.807, 2.05) is 43.3 Å². The molecule has 0 saturated heterocycles. The Kier molecular flexibility index (Phi) is 4.75. The van der Waals surface area contributed by atoms with Crippen molar-refractivity contribution < 1.29 is 13.2 Å². The van der Waals surface area contributed by atoms with Crippen LogP contribution in [0, 0.1) is 0 Å². The van der Waals surface area contributed by atoms with Crippen molar-refractivity contribution in [2.45, 2.75) is 38.8 Å². The van der Waals surface area contributed by atoms with Crippen molar-refractivity contribution in [3.05, 3.63) is 64.7 Å². The molecule has 1 amide bonds. The topological polar surface area (TPSA) is 78.5 Å². The van der Waals surface area contributed by atoms with Crippen LogP contribution >= 0.6 is 0 Å². The number of rotatable bonds is 4. The van der Waals surface area contributed by atoms with Crippen LogP contribution in [-0.2, 0) is 34.4 Å². The van der Waals surface area contributed by atoms with E-state index in [-0.39, 0.29) is 11.9 Å². The smallest absolute Gasteiger partial charge is 0.280 e. The molecule has 2 aromatic carbocycles. The molecule has 142 valence electrons. The monoisotopic (exact) mass is 385 g/mol. The third-order valence-electron chi connectivity index (χ3n) is 5.29. The van der Waals surface area contributed by atoms with Crippen LogP contribution in [0.2, 0.25) is 0 Å². The number of fused-ring (bicyclic) bond motifs is 2. The first kappa shape index (κ1) is 18.2. The summed E-state index contributed by atoms with van der Waals surface area (Å²) in [4.78, 5) is 11.5. The van der Waals surface area contributed by atoms with Gasteiger partial charge in [-0.1, -0.05) is 36.4 Å². The molecule has 2 aliphatic heterocycles. The van der Waals surface area contributed by atoms with Crippen molar-refractivity contribution in [3.8, 4) is 0 Å². The Labute approximate surface area is 159 Å². The van der Waals surface area contributed by atoms with Crippen molar-refractivity contribution in [1.29, 1.82) is 0 Å². The predicted molar refractivity (Wildman–Crippen MR) is 104 cm³/mol. The third kappa shape index (κ3) is 3.76. The largest absolute Gasteiger partial charge is 0.326 e. The number of anilines is 1. The van der Waals surface area contributed by atoms with Crippen LogP contribution < -0.4 is 10.0 Å². The highest BCUT2D eigenvalue weighted by Crippen LogP contribution is 2.27. The molecule has 0 radical (unpaired) electrons. The fourth-order valence-corrected chi connectivity index (χ4v) is 5.09. The molecule has 0 spiro atoms. The molecule has 7 heteroatoms. The molecule has 2 heterocycles. The van der Waals surface area contributed by atoms with Crippen LogP contribution in [0.15, 0.2) is 42.5 Å². The van der Waals surface area contributed by atoms with E-state index in [9.17, 15) is 13.2 Å². The second kappa shape index (κ2) is 7.07. The first-order chi connectivity index (χ1) is 12.9. The Morgan fingerprint density at radius 2 is 1.81 bits per heavy atom. The molecule has 0 bridgehead atoms. The minimum absolute atomic E-state index is 0.0226. The Morgan fingerprint density at radius 3 is 2.63 bits per heavy atom. The van der Waals surface area contributed by atoms with Gasteiger partial charge in [0.1, 0.15) is 0 Å². The molecule has 0 fully saturated rings. The maximum absolute atomic E-state index is 12.9. The van der Waals surface area contributed by atoms with Gasteiger partial charge in [0.2, 0.25) is 5.91 Å². The summed E-state index contributed by atoms with van der Waals surface area (Å²) in [6.07, 6.45) is 1.87. The van der Waals surface area contributed by atoms with E-state index in [1.54, 1.807) is 0 Å². The number of nitrogens with zero attached hydrogens (tertiary/aromatic N) is 1. The standard InChI is InChI=1S/C20H23N3O3S/c1-14(16-6-8-19-17(12-16)7-9-20(24)21-19)22-27(25,26)23-11-10-15-4-2-3-5-18(15)13-23/h2-6,8,12,14,22H,7,9-11,13H2,1H3,(H,21,24)/t14-/m1/s1. The maximum Gasteiger partial charge on any atom is 0.280 e. The van der Waals surface area contributed by atoms with E-state index < -0.39 is 10.2 Å². The lowest BCUT2D eigenvalue weighted by molar-refractivity contribution is -0.116. The van der Waals surface area contributed by atoms with E-state index in [0.29, 0.717) is 25.9 Å². The maximum atomic E-state index is 12.9. The minimum Gasteiger partial charge on any atom is -0.326 e. The summed E-state index contributed by atoms with van der Waals surface area (Å²) in [5.41, 5.74) is 5.04. The van der Waals surface area contributed by atoms with Gasteiger partial charge in [0.25, 0.3) is 10.2 Å². The molecule has 2 aliphatic rings. The molecule has 27 heavy (non-hydrogen) atoms. The number of benzene rings is 2. The van der Waals surface area contributed by atoms with Crippen molar-refractivity contribution in [1.82, 2.24) is 9.03 Å². The first-order valence-corrected chi connectivity index (χ1v) is 10.6. The fraction of sp³-hybridized carbons (Fsp3) is 0.350. The molecular weight excluding hydrogens is 362 g/mol. The molecule has 0 unspecified atom stereocenters. The van der Waals surface area contributed by atoms with Gasteiger partial charge >= 0.3 is 0 Å². The highest BCUT2D eigenvalue weighted by molar-refractivity contribution is 7.87. The molecule has 0 aromatic heterocycles. The number of hydrogen-bond acceptors (Lipinski definition) is 3. The van der Waals surface area contributed by atoms with Gasteiger partial charge in [0.15, 0.2) is 0 Å². The van der Waals surface area contributed by atoms with E-state index in [0.717, 1.165) is 28.8 Å². The quantitative estimate of drug-likeness (QED) is 0.849. The van der Waals surface area contributed by atoms with E-state index in [1.165, 1.54) is 9.87 Å². The molecule has 0 saturated carbocycles. The zero-order valence-corrected chi connectivity index (χ0v) is 16.1. The molecule has 1 atom stereocenters. The lowest BCUT2D eigenvalue weighted by Gasteiger charge is -2.29. The Bertz CT molecular complexity index is 988. The Hall–Kier alpha value is -2.22. The van der Waals surface area contributed by atoms with E-state index >= 15 is 0 Å². The Morgan fingerprint density at radius 1 is 1.04 bits per heavy atom. The van der Waals surface area contributed by atoms with Crippen molar-refractivity contribution in [2.75, 3.05) is 11.9 Å². The molecule has 2 N–H and O–H groups in total. The van der Waals surface area contributed by atoms with Crippen LogP contribution in [0.1, 0.15) is 41.6 Å². The zero-order valence-electron chi connectivity index (χ0n) is 15.2. The lowest BCUT2D eigenvalue weighted by atomic mass is 9.98. The summed E-state index contributed by atoms with van der Waals surface area (Å²) in [5, 5.41) is 2.85. The lowest BCUT2D eigenvalue weighted by Crippen LogP contribution is -2.44. The van der Waals surface area contributed by atoms with Crippen molar-refractivity contribution in [3.63, 3.8) is 0 Å². The second-order valence-corrected chi connectivity index (χ2v) is 8.86. The van der Waals surface area contributed by atoms with E-state index in [2.05, 4.69) is 16.1 Å². The normalized spacial score (nSPS) is 18.3. The van der Waals surface area contributed by atoms with Gasteiger partial charge in [0.05, 0.1) is 0 Å². The van der Waals surface area contributed by atoms with Gasteiger partial charge in [-0.15, -0.1) is 0 Å². The summed E-state index contributed by atoms with van der Waals surface area (Å²) in [7, 11) is -3.59. The zero-order chi connectivity index (χ0) is 19.0. The summed E-state index contributed by atoms with van der Waals surface area (Å²) in [6.45, 7) is 2.72. The summed E-state index contributed by atoms with van der Waals surface area (Å²) in [5.74, 6) is 0.0226. The van der Waals surface area contributed by atoms with Crippen molar-refractivity contribution in [2.24, 2.45) is 0 Å². The average molecular weight is 385 g/mol. The number of aryl methyl sites for hydroxylation is 1. The van der Waals surface area contributed by atoms with Gasteiger partial charge in [-0.3, -0.25) is 4.79 Å². The number of amides is 1. The minimum atomic E-state index is -3.59. The van der Waals surface area contributed by atoms with Gasteiger partial charge in [-0.05, 0) is 48.1 Å². The predicted octanol–water partition coefficient (Wildman–Crippen LogP) is 2.52. The van der Waals surface area contributed by atoms with E-state index in [4.69, 9.17) is 0 Å². The van der Waals surface area contributed by atoms with Gasteiger partial charge in [-0.25, -0.2) is 0 Å². The van der Waals surface area contributed by atoms with Gasteiger partial charge in [-0.2, -0.15) is 17.4 Å². The number of carbonyl (C=O) groups is 1. The van der Waals surface area contributed by atoms with Crippen molar-refractivity contribution >= 4 is 21.8 Å². The van der Waals surface area contributed by atoms with Crippen LogP contribution in [0.5, 0.6) is 0 Å². The highest BCUT2D eigenvalue weighted by Gasteiger charge is 2.28. The first-order valence-electron chi connectivity index (χ1n) is 9.19. The van der Waals surface area contributed by atoms with Gasteiger partial charge < -0.3 is 5.32 Å². The van der Waals surface area contributed by atoms with Crippen LogP contribution in [-0.4, -0.2) is 25.2 Å². The number of nitrogens with one attached hydrogen (secondary N) is 2. The third-order valence-corrected chi connectivity index (χ3v) is 6.93. The molecule has 4 rings (SSSR count). The number of hydrogen-bond donors (Lipinski definition) is 2. The van der Waals surface area contributed by atoms with Crippen LogP contribution in [0.25, 0.3) is 0 Å². The highest BCUT2D eigenvalue weighted by atomic mass is 32.2. The second-order valence-electron chi connectivity index (χ2n) is 7.16. The van der Waals surface area contributed by atoms with Gasteiger partial charge in [0, 0.05) is 31.2 Å². The van der Waals surface area contributed by atoms with Crippen LogP contribution in [0.4, 0.5) is 5.69 Å². The van der Waals surface area contributed by atoms with Crippen LogP contribution in [0.3, 0.4) is 0 Å². The average Bonchev–Trinajstić information content (AvgIpc) is 2.66. The fourth-order valence-electron chi connectivity index (χ4n) is 3.71. The summed E-state index contributed by atoms with van der Waals surface area (Å²) < 4.78 is 30.0. The number of carbonyl (C=O) groups excluding carboxylic acids is 1. The molecule has 2 aromatic rings. The Balaban J connectivity index is 1.49. The summed E-state index contributed by atoms with van der Waals surface area (Å²) in [6, 6.07) is 13.3. The SMILES string of the molecule is C[C@@H](NS(=O)(=O)N1CCc2ccccc2C1)c1ccc2c(c1)CCC(=O)N2. The summed E-state index contributed by atoms with van der Waals surface area (Å²) >= 11 is 0. The molecular formula is C20H23N3O3S.